The molecule has 0 rings (SSSR count). The first-order valence-corrected chi connectivity index (χ1v) is 3.16. The van der Waals surface area contributed by atoms with E-state index >= 15 is 0 Å². The standard InChI is InChI=1S/C6H13NO3/c1-4(8)2-5(9)3-6(7)10/h4-5,8-9H,2-3H2,1H3,(H2,7,10)/t4-,5+/m1/s1. The minimum Gasteiger partial charge on any atom is -0.393 e. The molecule has 0 heterocycles. The molecule has 4 nitrogen and oxygen atoms in total. The molecule has 0 aromatic heterocycles. The SMILES string of the molecule is C[C@@H](O)C[C@H](O)CC(N)=O. The third kappa shape index (κ3) is 5.53. The van der Waals surface area contributed by atoms with Crippen LogP contribution in [0.5, 0.6) is 0 Å². The Morgan fingerprint density at radius 1 is 1.60 bits per heavy atom. The van der Waals surface area contributed by atoms with E-state index in [2.05, 4.69) is 0 Å². The molecule has 1 amide bonds. The molecule has 0 unspecified atom stereocenters. The van der Waals surface area contributed by atoms with Crippen molar-refractivity contribution in [3.8, 4) is 0 Å². The average molecular weight is 147 g/mol. The minimum atomic E-state index is -0.808. The van der Waals surface area contributed by atoms with Gasteiger partial charge >= 0.3 is 0 Å². The maximum atomic E-state index is 10.2. The maximum Gasteiger partial charge on any atom is 0.220 e. The quantitative estimate of drug-likeness (QED) is 0.476. The molecule has 0 radical (unpaired) electrons. The average Bonchev–Trinajstić information content (AvgIpc) is 1.58. The summed E-state index contributed by atoms with van der Waals surface area (Å²) in [6, 6.07) is 0. The first kappa shape index (κ1) is 9.39. The van der Waals surface area contributed by atoms with Crippen LogP contribution in [0.3, 0.4) is 0 Å². The summed E-state index contributed by atoms with van der Waals surface area (Å²) in [5.41, 5.74) is 4.79. The summed E-state index contributed by atoms with van der Waals surface area (Å²) in [6.07, 6.45) is -1.28. The van der Waals surface area contributed by atoms with Crippen molar-refractivity contribution in [2.24, 2.45) is 5.73 Å². The van der Waals surface area contributed by atoms with Gasteiger partial charge in [0.25, 0.3) is 0 Å². The van der Waals surface area contributed by atoms with Crippen molar-refractivity contribution in [3.63, 3.8) is 0 Å². The first-order chi connectivity index (χ1) is 4.52. The second-order valence-corrected chi connectivity index (χ2v) is 2.41. The molecule has 0 aromatic rings. The van der Waals surface area contributed by atoms with E-state index in [1.165, 1.54) is 0 Å². The molecule has 0 aliphatic rings. The smallest absolute Gasteiger partial charge is 0.220 e. The van der Waals surface area contributed by atoms with Crippen LogP contribution in [-0.4, -0.2) is 28.3 Å². The summed E-state index contributed by atoms with van der Waals surface area (Å²) >= 11 is 0. The fraction of sp³-hybridized carbons (Fsp3) is 0.833. The van der Waals surface area contributed by atoms with Crippen LogP contribution < -0.4 is 5.73 Å². The van der Waals surface area contributed by atoms with Crippen LogP contribution in [0.4, 0.5) is 0 Å². The van der Waals surface area contributed by atoms with Gasteiger partial charge in [-0.1, -0.05) is 0 Å². The molecule has 10 heavy (non-hydrogen) atoms. The molecule has 2 atom stereocenters. The van der Waals surface area contributed by atoms with E-state index in [0.29, 0.717) is 0 Å². The lowest BCUT2D eigenvalue weighted by molar-refractivity contribution is -0.120. The van der Waals surface area contributed by atoms with E-state index in [1.807, 2.05) is 0 Å². The topological polar surface area (TPSA) is 83.6 Å². The molecular weight excluding hydrogens is 134 g/mol. The predicted octanol–water partition coefficient (Wildman–Crippen LogP) is -1.01. The number of nitrogens with two attached hydrogens (primary N) is 1. The van der Waals surface area contributed by atoms with Crippen LogP contribution in [0.25, 0.3) is 0 Å². The highest BCUT2D eigenvalue weighted by Crippen LogP contribution is 2.00. The Kier molecular flexibility index (Phi) is 3.99. The molecule has 0 aliphatic heterocycles. The van der Waals surface area contributed by atoms with Gasteiger partial charge in [-0.05, 0) is 13.3 Å². The first-order valence-electron chi connectivity index (χ1n) is 3.16. The molecule has 0 bridgehead atoms. The Morgan fingerprint density at radius 2 is 2.10 bits per heavy atom. The van der Waals surface area contributed by atoms with Crippen molar-refractivity contribution in [1.29, 1.82) is 0 Å². The highest BCUT2D eigenvalue weighted by molar-refractivity contribution is 5.74. The number of hydrogen-bond acceptors (Lipinski definition) is 3. The number of amides is 1. The predicted molar refractivity (Wildman–Crippen MR) is 36.1 cm³/mol. The summed E-state index contributed by atoms with van der Waals surface area (Å²) in [7, 11) is 0. The highest BCUT2D eigenvalue weighted by atomic mass is 16.3. The van der Waals surface area contributed by atoms with Crippen LogP contribution in [0.2, 0.25) is 0 Å². The summed E-state index contributed by atoms with van der Waals surface area (Å²) in [5.74, 6) is -0.548. The Balaban J connectivity index is 3.43. The highest BCUT2D eigenvalue weighted by Gasteiger charge is 2.09. The summed E-state index contributed by atoms with van der Waals surface area (Å²) in [4.78, 5) is 10.2. The normalized spacial score (nSPS) is 16.3. The van der Waals surface area contributed by atoms with Gasteiger partial charge in [-0.3, -0.25) is 4.79 Å². The lowest BCUT2D eigenvalue weighted by Gasteiger charge is -2.09. The largest absolute Gasteiger partial charge is 0.393 e. The lowest BCUT2D eigenvalue weighted by Crippen LogP contribution is -2.22. The van der Waals surface area contributed by atoms with Gasteiger partial charge in [0.2, 0.25) is 5.91 Å². The third-order valence-corrected chi connectivity index (χ3v) is 1.05. The monoisotopic (exact) mass is 147 g/mol. The Labute approximate surface area is 59.7 Å². The second kappa shape index (κ2) is 4.24. The van der Waals surface area contributed by atoms with Gasteiger partial charge in [0.05, 0.1) is 18.6 Å². The number of primary amides is 1. The van der Waals surface area contributed by atoms with Gasteiger partial charge in [0.15, 0.2) is 0 Å². The molecule has 4 N–H and O–H groups in total. The molecule has 0 fully saturated rings. The molecule has 0 spiro atoms. The lowest BCUT2D eigenvalue weighted by atomic mass is 10.1. The van der Waals surface area contributed by atoms with Crippen LogP contribution in [0, 0.1) is 0 Å². The Bertz CT molecular complexity index is 114. The van der Waals surface area contributed by atoms with Gasteiger partial charge < -0.3 is 15.9 Å². The van der Waals surface area contributed by atoms with Gasteiger partial charge in [-0.25, -0.2) is 0 Å². The van der Waals surface area contributed by atoms with Crippen molar-refractivity contribution < 1.29 is 15.0 Å². The van der Waals surface area contributed by atoms with Crippen molar-refractivity contribution in [2.45, 2.75) is 32.0 Å². The molecule has 0 saturated carbocycles. The fourth-order valence-electron chi connectivity index (χ4n) is 0.709. The number of carbonyl (C=O) groups excluding carboxylic acids is 1. The van der Waals surface area contributed by atoms with Gasteiger partial charge in [0.1, 0.15) is 0 Å². The van der Waals surface area contributed by atoms with Crippen LogP contribution in [0.15, 0.2) is 0 Å². The number of rotatable bonds is 4. The summed E-state index contributed by atoms with van der Waals surface area (Å²) < 4.78 is 0. The summed E-state index contributed by atoms with van der Waals surface area (Å²) in [6.45, 7) is 1.55. The van der Waals surface area contributed by atoms with E-state index < -0.39 is 18.1 Å². The van der Waals surface area contributed by atoms with Gasteiger partial charge in [-0.2, -0.15) is 0 Å². The van der Waals surface area contributed by atoms with Crippen LogP contribution >= 0.6 is 0 Å². The Hall–Kier alpha value is -0.610. The molecule has 0 aliphatic carbocycles. The Morgan fingerprint density at radius 3 is 2.40 bits per heavy atom. The zero-order chi connectivity index (χ0) is 8.15. The minimum absolute atomic E-state index is 0.0785. The zero-order valence-electron chi connectivity index (χ0n) is 5.95. The van der Waals surface area contributed by atoms with E-state index in [9.17, 15) is 4.79 Å². The van der Waals surface area contributed by atoms with E-state index in [1.54, 1.807) is 6.92 Å². The van der Waals surface area contributed by atoms with Crippen LogP contribution in [0.1, 0.15) is 19.8 Å². The molecule has 60 valence electrons. The van der Waals surface area contributed by atoms with Crippen molar-refractivity contribution in [1.82, 2.24) is 0 Å². The maximum absolute atomic E-state index is 10.2. The number of hydrogen-bond donors (Lipinski definition) is 3. The molecule has 0 saturated heterocycles. The third-order valence-electron chi connectivity index (χ3n) is 1.05. The second-order valence-electron chi connectivity index (χ2n) is 2.41. The van der Waals surface area contributed by atoms with Crippen molar-refractivity contribution in [3.05, 3.63) is 0 Å². The zero-order valence-corrected chi connectivity index (χ0v) is 5.95. The molecule has 4 heteroatoms. The van der Waals surface area contributed by atoms with Gasteiger partial charge in [0, 0.05) is 0 Å². The van der Waals surface area contributed by atoms with E-state index in [4.69, 9.17) is 15.9 Å². The van der Waals surface area contributed by atoms with E-state index in [0.717, 1.165) is 0 Å². The fourth-order valence-corrected chi connectivity index (χ4v) is 0.709. The van der Waals surface area contributed by atoms with Crippen molar-refractivity contribution >= 4 is 5.91 Å². The number of aliphatic hydroxyl groups is 2. The number of aliphatic hydroxyl groups excluding tert-OH is 2. The summed E-state index contributed by atoms with van der Waals surface area (Å²) in [5, 5.41) is 17.7. The molecule has 0 aromatic carbocycles. The molecular formula is C6H13NO3. The van der Waals surface area contributed by atoms with Crippen LogP contribution in [-0.2, 0) is 4.79 Å². The van der Waals surface area contributed by atoms with Gasteiger partial charge in [-0.15, -0.1) is 0 Å². The van der Waals surface area contributed by atoms with E-state index in [-0.39, 0.29) is 12.8 Å². The van der Waals surface area contributed by atoms with Crippen molar-refractivity contribution in [2.75, 3.05) is 0 Å². The number of carbonyl (C=O) groups is 1.